The second-order valence-electron chi connectivity index (χ2n) is 19.0. The van der Waals surface area contributed by atoms with E-state index in [4.69, 9.17) is 9.47 Å². The SMILES string of the molecule is CC/C=C\C/C=C\C/C=C\C/C=C\C/C=C\C/C=C\C/C=C\C/C=C\CCCCCCCCCCCCCCCCCCC(=O)OC(CO)COC(=O)CCCCCCC/C=C\CCCCCCC. The van der Waals surface area contributed by atoms with Crippen LogP contribution >= 0.6 is 0 Å². The van der Waals surface area contributed by atoms with Gasteiger partial charge >= 0.3 is 11.9 Å². The molecule has 0 heterocycles. The summed E-state index contributed by atoms with van der Waals surface area (Å²) in [6.45, 7) is 4.01. The van der Waals surface area contributed by atoms with E-state index in [2.05, 4.69) is 123 Å². The molecule has 69 heavy (non-hydrogen) atoms. The van der Waals surface area contributed by atoms with Gasteiger partial charge in [-0.1, -0.05) is 258 Å². The summed E-state index contributed by atoms with van der Waals surface area (Å²) < 4.78 is 10.7. The molecule has 0 saturated carbocycles. The zero-order chi connectivity index (χ0) is 49.9. The first-order chi connectivity index (χ1) is 34.1. The van der Waals surface area contributed by atoms with Crippen molar-refractivity contribution in [3.63, 3.8) is 0 Å². The molecule has 5 heteroatoms. The molecule has 0 amide bonds. The van der Waals surface area contributed by atoms with Gasteiger partial charge < -0.3 is 14.6 Å². The van der Waals surface area contributed by atoms with Gasteiger partial charge in [0.1, 0.15) is 6.61 Å². The van der Waals surface area contributed by atoms with Crippen molar-refractivity contribution in [1.29, 1.82) is 0 Å². The van der Waals surface area contributed by atoms with E-state index in [1.165, 1.54) is 141 Å². The molecule has 0 aliphatic rings. The summed E-state index contributed by atoms with van der Waals surface area (Å²) in [5.74, 6) is -0.598. The summed E-state index contributed by atoms with van der Waals surface area (Å²) in [6.07, 6.45) is 85.0. The van der Waals surface area contributed by atoms with E-state index in [1.807, 2.05) is 0 Å². The lowest BCUT2D eigenvalue weighted by Crippen LogP contribution is -2.28. The molecule has 1 N–H and O–H groups in total. The van der Waals surface area contributed by atoms with E-state index in [-0.39, 0.29) is 25.2 Å². The summed E-state index contributed by atoms with van der Waals surface area (Å²) in [5, 5.41) is 9.63. The molecule has 0 aliphatic carbocycles. The second kappa shape index (κ2) is 58.9. The Bertz CT molecular complexity index is 1360. The smallest absolute Gasteiger partial charge is 0.306 e. The van der Waals surface area contributed by atoms with Crippen LogP contribution in [0.1, 0.15) is 264 Å². The van der Waals surface area contributed by atoms with Crippen molar-refractivity contribution in [2.75, 3.05) is 13.2 Å². The summed E-state index contributed by atoms with van der Waals surface area (Å²) in [7, 11) is 0. The fourth-order valence-electron chi connectivity index (χ4n) is 7.98. The standard InChI is InChI=1S/C64H108O5/c1-3-5-7-9-11-13-15-17-19-20-21-22-23-24-25-26-27-28-29-30-31-32-33-34-35-36-37-38-39-40-41-42-43-44-45-47-49-51-53-55-57-59-64(67)69-62(60-65)61-68-63(66)58-56-54-52-50-48-46-18-16-14-12-10-8-6-4-2/h5,7,11,13,16-19,21-22,24-25,27-28,30-31,33-34,62,65H,3-4,6,8-10,12,14-15,20,23,26,29,32,35-61H2,1-2H3/b7-5-,13-11-,18-16-,19-17-,22-21-,25-24-,28-27-,31-30-,34-33-. The van der Waals surface area contributed by atoms with Crippen LogP contribution in [0.2, 0.25) is 0 Å². The van der Waals surface area contributed by atoms with Crippen molar-refractivity contribution in [2.45, 2.75) is 270 Å². The molecule has 0 fully saturated rings. The summed E-state index contributed by atoms with van der Waals surface area (Å²) in [5.41, 5.74) is 0. The molecule has 0 aromatic carbocycles. The monoisotopic (exact) mass is 957 g/mol. The van der Waals surface area contributed by atoms with Crippen LogP contribution in [0.5, 0.6) is 0 Å². The number of ether oxygens (including phenoxy) is 2. The van der Waals surface area contributed by atoms with Crippen LogP contribution in [0, 0.1) is 0 Å². The number of hydrogen-bond acceptors (Lipinski definition) is 5. The van der Waals surface area contributed by atoms with Crippen LogP contribution in [-0.2, 0) is 19.1 Å². The lowest BCUT2D eigenvalue weighted by atomic mass is 10.0. The number of carbonyl (C=O) groups excluding carboxylic acids is 2. The summed E-state index contributed by atoms with van der Waals surface area (Å²) >= 11 is 0. The zero-order valence-corrected chi connectivity index (χ0v) is 45.0. The Labute approximate surface area is 427 Å². The number of carbonyl (C=O) groups is 2. The van der Waals surface area contributed by atoms with Gasteiger partial charge in [-0.25, -0.2) is 0 Å². The molecule has 0 bridgehead atoms. The van der Waals surface area contributed by atoms with Gasteiger partial charge in [-0.3, -0.25) is 9.59 Å². The molecular formula is C64H108O5. The Morgan fingerprint density at radius 1 is 0.348 bits per heavy atom. The molecular weight excluding hydrogens is 849 g/mol. The second-order valence-corrected chi connectivity index (χ2v) is 19.0. The highest BCUT2D eigenvalue weighted by molar-refractivity contribution is 5.70. The molecule has 1 atom stereocenters. The summed E-state index contributed by atoms with van der Waals surface area (Å²) in [6, 6.07) is 0. The third-order valence-electron chi connectivity index (χ3n) is 12.3. The van der Waals surface area contributed by atoms with Gasteiger partial charge in [0, 0.05) is 12.8 Å². The molecule has 0 aliphatic heterocycles. The Kier molecular flexibility index (Phi) is 55.9. The van der Waals surface area contributed by atoms with E-state index in [0.717, 1.165) is 96.3 Å². The molecule has 0 aromatic heterocycles. The van der Waals surface area contributed by atoms with Crippen molar-refractivity contribution >= 4 is 11.9 Å². The molecule has 0 radical (unpaired) electrons. The maximum atomic E-state index is 12.3. The molecule has 394 valence electrons. The van der Waals surface area contributed by atoms with Gasteiger partial charge in [0.05, 0.1) is 6.61 Å². The van der Waals surface area contributed by atoms with Crippen molar-refractivity contribution in [1.82, 2.24) is 0 Å². The fourth-order valence-corrected chi connectivity index (χ4v) is 7.98. The van der Waals surface area contributed by atoms with E-state index in [1.54, 1.807) is 0 Å². The number of allylic oxidation sites excluding steroid dienone is 18. The van der Waals surface area contributed by atoms with E-state index in [0.29, 0.717) is 12.8 Å². The van der Waals surface area contributed by atoms with E-state index >= 15 is 0 Å². The van der Waals surface area contributed by atoms with Crippen LogP contribution in [0.3, 0.4) is 0 Å². The first kappa shape index (κ1) is 65.6. The van der Waals surface area contributed by atoms with Gasteiger partial charge in [-0.05, 0) is 103 Å². The predicted octanol–water partition coefficient (Wildman–Crippen LogP) is 19.7. The first-order valence-corrected chi connectivity index (χ1v) is 28.9. The third-order valence-corrected chi connectivity index (χ3v) is 12.3. The molecule has 5 nitrogen and oxygen atoms in total. The molecule has 0 rings (SSSR count). The lowest BCUT2D eigenvalue weighted by Gasteiger charge is -2.15. The lowest BCUT2D eigenvalue weighted by molar-refractivity contribution is -0.161. The minimum Gasteiger partial charge on any atom is -0.462 e. The Morgan fingerprint density at radius 2 is 0.623 bits per heavy atom. The number of esters is 2. The number of hydrogen-bond donors (Lipinski definition) is 1. The highest BCUT2D eigenvalue weighted by Crippen LogP contribution is 2.16. The van der Waals surface area contributed by atoms with Crippen molar-refractivity contribution < 1.29 is 24.2 Å². The van der Waals surface area contributed by atoms with Gasteiger partial charge in [0.2, 0.25) is 0 Å². The molecule has 1 unspecified atom stereocenters. The number of rotatable bonds is 52. The minimum absolute atomic E-state index is 0.0716. The molecule has 0 aromatic rings. The Hall–Kier alpha value is -3.44. The maximum absolute atomic E-state index is 12.3. The highest BCUT2D eigenvalue weighted by atomic mass is 16.6. The van der Waals surface area contributed by atoms with Gasteiger partial charge in [-0.2, -0.15) is 0 Å². The fraction of sp³-hybridized carbons (Fsp3) is 0.688. The van der Waals surface area contributed by atoms with Crippen LogP contribution in [0.25, 0.3) is 0 Å². The first-order valence-electron chi connectivity index (χ1n) is 28.9. The minimum atomic E-state index is -0.778. The third kappa shape index (κ3) is 57.0. The van der Waals surface area contributed by atoms with E-state index < -0.39 is 6.10 Å². The van der Waals surface area contributed by atoms with E-state index in [9.17, 15) is 14.7 Å². The van der Waals surface area contributed by atoms with Crippen LogP contribution < -0.4 is 0 Å². The largest absolute Gasteiger partial charge is 0.462 e. The van der Waals surface area contributed by atoms with Crippen molar-refractivity contribution in [2.24, 2.45) is 0 Å². The zero-order valence-electron chi connectivity index (χ0n) is 45.0. The topological polar surface area (TPSA) is 72.8 Å². The van der Waals surface area contributed by atoms with Crippen LogP contribution in [-0.4, -0.2) is 36.4 Å². The number of unbranched alkanes of at least 4 members (excludes halogenated alkanes) is 26. The number of aliphatic hydroxyl groups is 1. The van der Waals surface area contributed by atoms with Gasteiger partial charge in [0.25, 0.3) is 0 Å². The van der Waals surface area contributed by atoms with Gasteiger partial charge in [-0.15, -0.1) is 0 Å². The highest BCUT2D eigenvalue weighted by Gasteiger charge is 2.16. The average Bonchev–Trinajstić information content (AvgIpc) is 3.35. The average molecular weight is 958 g/mol. The van der Waals surface area contributed by atoms with Crippen molar-refractivity contribution in [3.8, 4) is 0 Å². The molecule has 0 saturated heterocycles. The predicted molar refractivity (Wildman–Crippen MR) is 302 cm³/mol. The number of aliphatic hydroxyl groups excluding tert-OH is 1. The van der Waals surface area contributed by atoms with Crippen LogP contribution in [0.4, 0.5) is 0 Å². The Morgan fingerprint density at radius 3 is 0.957 bits per heavy atom. The van der Waals surface area contributed by atoms with Crippen LogP contribution in [0.15, 0.2) is 109 Å². The maximum Gasteiger partial charge on any atom is 0.306 e. The normalized spacial score (nSPS) is 13.0. The van der Waals surface area contributed by atoms with Gasteiger partial charge in [0.15, 0.2) is 6.10 Å². The summed E-state index contributed by atoms with van der Waals surface area (Å²) in [4.78, 5) is 24.4. The molecule has 0 spiro atoms. The Balaban J connectivity index is 3.50. The van der Waals surface area contributed by atoms with Crippen molar-refractivity contribution in [3.05, 3.63) is 109 Å². The quantitative estimate of drug-likeness (QED) is 0.0374.